The van der Waals surface area contributed by atoms with E-state index in [1.807, 2.05) is 20.8 Å². The summed E-state index contributed by atoms with van der Waals surface area (Å²) in [6.07, 6.45) is 2.36. The predicted molar refractivity (Wildman–Crippen MR) is 81.0 cm³/mol. The topological polar surface area (TPSA) is 86.7 Å². The van der Waals surface area contributed by atoms with Crippen LogP contribution < -0.4 is 5.32 Å². The second-order valence-corrected chi connectivity index (χ2v) is 7.54. The number of carbonyl (C=O) groups excluding carboxylic acids is 2. The van der Waals surface area contributed by atoms with E-state index in [0.717, 1.165) is 12.8 Å². The van der Waals surface area contributed by atoms with E-state index in [9.17, 15) is 14.4 Å². The third-order valence-corrected chi connectivity index (χ3v) is 4.49. The minimum atomic E-state index is -0.871. The number of aliphatic carboxylic acids is 1. The first-order valence-corrected chi connectivity index (χ1v) is 8.00. The first-order chi connectivity index (χ1) is 10.2. The van der Waals surface area contributed by atoms with Crippen LogP contribution in [0.3, 0.4) is 0 Å². The Morgan fingerprint density at radius 1 is 1.23 bits per heavy atom. The SMILES string of the molecule is CC(C)(C)C(=O)NCC1CCCN(C(=O)C2CC2C(=O)O)C1. The monoisotopic (exact) mass is 310 g/mol. The van der Waals surface area contributed by atoms with Gasteiger partial charge >= 0.3 is 5.97 Å². The highest BCUT2D eigenvalue weighted by Gasteiger charge is 2.50. The first kappa shape index (κ1) is 16.8. The van der Waals surface area contributed by atoms with E-state index in [2.05, 4.69) is 5.32 Å². The molecule has 6 heteroatoms. The maximum absolute atomic E-state index is 12.3. The number of carboxylic acid groups (broad SMARTS) is 1. The molecule has 3 unspecified atom stereocenters. The van der Waals surface area contributed by atoms with Gasteiger partial charge in [-0.05, 0) is 25.2 Å². The normalized spacial score (nSPS) is 28.1. The van der Waals surface area contributed by atoms with Crippen LogP contribution in [0, 0.1) is 23.2 Å². The summed E-state index contributed by atoms with van der Waals surface area (Å²) in [4.78, 5) is 36.9. The number of nitrogens with zero attached hydrogens (tertiary/aromatic N) is 1. The standard InChI is InChI=1S/C16H26N2O4/c1-16(2,3)15(22)17-8-10-5-4-6-18(9-10)13(19)11-7-12(11)14(20)21/h10-12H,4-9H2,1-3H3,(H,17,22)(H,20,21). The zero-order valence-corrected chi connectivity index (χ0v) is 13.6. The van der Waals surface area contributed by atoms with E-state index < -0.39 is 17.3 Å². The van der Waals surface area contributed by atoms with Crippen LogP contribution in [-0.2, 0) is 14.4 Å². The van der Waals surface area contributed by atoms with Crippen LogP contribution in [0.1, 0.15) is 40.0 Å². The lowest BCUT2D eigenvalue weighted by Crippen LogP contribution is -2.46. The van der Waals surface area contributed by atoms with Gasteiger partial charge in [0.2, 0.25) is 11.8 Å². The van der Waals surface area contributed by atoms with E-state index in [1.165, 1.54) is 0 Å². The number of amides is 2. The second-order valence-electron chi connectivity index (χ2n) is 7.54. The van der Waals surface area contributed by atoms with Gasteiger partial charge in [-0.25, -0.2) is 0 Å². The maximum atomic E-state index is 12.3. The Bertz CT molecular complexity index is 469. The molecule has 0 aromatic rings. The maximum Gasteiger partial charge on any atom is 0.307 e. The minimum absolute atomic E-state index is 0.0177. The highest BCUT2D eigenvalue weighted by Crippen LogP contribution is 2.40. The van der Waals surface area contributed by atoms with Crippen molar-refractivity contribution in [3.05, 3.63) is 0 Å². The molecule has 1 saturated carbocycles. The molecule has 2 fully saturated rings. The van der Waals surface area contributed by atoms with Crippen molar-refractivity contribution in [1.29, 1.82) is 0 Å². The molecule has 2 N–H and O–H groups in total. The van der Waals surface area contributed by atoms with Crippen LogP contribution in [0.5, 0.6) is 0 Å². The number of rotatable bonds is 4. The molecule has 0 bridgehead atoms. The Kier molecular flexibility index (Phi) is 4.78. The molecule has 0 aromatic heterocycles. The summed E-state index contributed by atoms with van der Waals surface area (Å²) in [5.74, 6) is -1.45. The molecule has 124 valence electrons. The number of piperidine rings is 1. The summed E-state index contributed by atoms with van der Waals surface area (Å²) in [5.41, 5.74) is -0.410. The van der Waals surface area contributed by atoms with Gasteiger partial charge in [-0.2, -0.15) is 0 Å². The largest absolute Gasteiger partial charge is 0.481 e. The van der Waals surface area contributed by atoms with Crippen LogP contribution in [0.25, 0.3) is 0 Å². The molecule has 0 aromatic carbocycles. The summed E-state index contributed by atoms with van der Waals surface area (Å²) in [6.45, 7) is 7.51. The summed E-state index contributed by atoms with van der Waals surface area (Å²) < 4.78 is 0. The van der Waals surface area contributed by atoms with Crippen LogP contribution in [0.4, 0.5) is 0 Å². The number of carboxylic acids is 1. The smallest absolute Gasteiger partial charge is 0.307 e. The van der Waals surface area contributed by atoms with Crippen molar-refractivity contribution < 1.29 is 19.5 Å². The molecular weight excluding hydrogens is 284 g/mol. The van der Waals surface area contributed by atoms with Crippen molar-refractivity contribution in [2.75, 3.05) is 19.6 Å². The Morgan fingerprint density at radius 2 is 1.91 bits per heavy atom. The molecular formula is C16H26N2O4. The summed E-state index contributed by atoms with van der Waals surface area (Å²) >= 11 is 0. The molecule has 1 heterocycles. The Balaban J connectivity index is 1.81. The van der Waals surface area contributed by atoms with E-state index in [1.54, 1.807) is 4.90 Å². The molecule has 1 aliphatic carbocycles. The molecule has 3 atom stereocenters. The van der Waals surface area contributed by atoms with Crippen molar-refractivity contribution >= 4 is 17.8 Å². The number of hydrogen-bond acceptors (Lipinski definition) is 3. The molecule has 22 heavy (non-hydrogen) atoms. The fourth-order valence-corrected chi connectivity index (χ4v) is 2.91. The summed E-state index contributed by atoms with van der Waals surface area (Å²) in [6, 6.07) is 0. The first-order valence-electron chi connectivity index (χ1n) is 8.00. The quantitative estimate of drug-likeness (QED) is 0.814. The van der Waals surface area contributed by atoms with Crippen LogP contribution in [0.15, 0.2) is 0 Å². The van der Waals surface area contributed by atoms with Gasteiger partial charge < -0.3 is 15.3 Å². The van der Waals surface area contributed by atoms with Gasteiger partial charge in [-0.3, -0.25) is 14.4 Å². The molecule has 1 aliphatic heterocycles. The summed E-state index contributed by atoms with van der Waals surface area (Å²) in [7, 11) is 0. The van der Waals surface area contributed by atoms with Crippen LogP contribution >= 0.6 is 0 Å². The molecule has 1 saturated heterocycles. The summed E-state index contributed by atoms with van der Waals surface area (Å²) in [5, 5.41) is 11.9. The highest BCUT2D eigenvalue weighted by molar-refractivity contribution is 5.89. The number of carbonyl (C=O) groups is 3. The lowest BCUT2D eigenvalue weighted by molar-refractivity contribution is -0.142. The number of nitrogens with one attached hydrogen (secondary N) is 1. The van der Waals surface area contributed by atoms with Gasteiger partial charge in [0.25, 0.3) is 0 Å². The van der Waals surface area contributed by atoms with Crippen LogP contribution in [0.2, 0.25) is 0 Å². The minimum Gasteiger partial charge on any atom is -0.481 e. The van der Waals surface area contributed by atoms with E-state index in [4.69, 9.17) is 5.11 Å². The van der Waals surface area contributed by atoms with Crippen molar-refractivity contribution in [1.82, 2.24) is 10.2 Å². The van der Waals surface area contributed by atoms with Gasteiger partial charge in [0.15, 0.2) is 0 Å². The van der Waals surface area contributed by atoms with E-state index in [0.29, 0.717) is 26.1 Å². The third kappa shape index (κ3) is 3.99. The zero-order chi connectivity index (χ0) is 16.5. The predicted octanol–water partition coefficient (Wildman–Crippen LogP) is 1.11. The molecule has 0 spiro atoms. The Labute approximate surface area is 131 Å². The van der Waals surface area contributed by atoms with E-state index in [-0.39, 0.29) is 23.7 Å². The van der Waals surface area contributed by atoms with Crippen molar-refractivity contribution in [3.8, 4) is 0 Å². The molecule has 2 aliphatic rings. The van der Waals surface area contributed by atoms with Gasteiger partial charge in [-0.15, -0.1) is 0 Å². The average molecular weight is 310 g/mol. The van der Waals surface area contributed by atoms with Gasteiger partial charge in [0, 0.05) is 25.0 Å². The van der Waals surface area contributed by atoms with Gasteiger partial charge in [-0.1, -0.05) is 20.8 Å². The van der Waals surface area contributed by atoms with Gasteiger partial charge in [0.05, 0.1) is 11.8 Å². The Morgan fingerprint density at radius 3 is 2.45 bits per heavy atom. The van der Waals surface area contributed by atoms with Crippen molar-refractivity contribution in [2.45, 2.75) is 40.0 Å². The molecule has 2 rings (SSSR count). The van der Waals surface area contributed by atoms with Crippen molar-refractivity contribution in [3.63, 3.8) is 0 Å². The number of hydrogen-bond donors (Lipinski definition) is 2. The van der Waals surface area contributed by atoms with E-state index >= 15 is 0 Å². The lowest BCUT2D eigenvalue weighted by Gasteiger charge is -2.33. The highest BCUT2D eigenvalue weighted by atomic mass is 16.4. The fraction of sp³-hybridized carbons (Fsp3) is 0.812. The van der Waals surface area contributed by atoms with Crippen molar-refractivity contribution in [2.24, 2.45) is 23.2 Å². The Hall–Kier alpha value is -1.59. The molecule has 0 radical (unpaired) electrons. The molecule has 6 nitrogen and oxygen atoms in total. The third-order valence-electron chi connectivity index (χ3n) is 4.49. The van der Waals surface area contributed by atoms with Crippen LogP contribution in [-0.4, -0.2) is 47.4 Å². The number of likely N-dealkylation sites (tertiary alicyclic amines) is 1. The second kappa shape index (κ2) is 6.26. The zero-order valence-electron chi connectivity index (χ0n) is 13.6. The lowest BCUT2D eigenvalue weighted by atomic mass is 9.94. The van der Waals surface area contributed by atoms with Gasteiger partial charge in [0.1, 0.15) is 0 Å². The fourth-order valence-electron chi connectivity index (χ4n) is 2.91. The molecule has 2 amide bonds. The average Bonchev–Trinajstić information content (AvgIpc) is 3.23.